The number of carbonyl (C=O) groups is 1. The van der Waals surface area contributed by atoms with Gasteiger partial charge >= 0.3 is 0 Å². The van der Waals surface area contributed by atoms with Crippen molar-refractivity contribution in [2.24, 2.45) is 7.05 Å². The van der Waals surface area contributed by atoms with Crippen LogP contribution in [0.25, 0.3) is 11.4 Å². The zero-order valence-corrected chi connectivity index (χ0v) is 18.9. The molecule has 3 heterocycles. The van der Waals surface area contributed by atoms with Crippen LogP contribution in [0.15, 0.2) is 24.4 Å². The number of fused-ring (bicyclic) bond motifs is 3. The maximum atomic E-state index is 13.5. The molecule has 1 fully saturated rings. The fourth-order valence-corrected chi connectivity index (χ4v) is 5.16. The molecule has 0 unspecified atom stereocenters. The summed E-state index contributed by atoms with van der Waals surface area (Å²) in [5.41, 5.74) is 2.33. The van der Waals surface area contributed by atoms with Crippen LogP contribution in [-0.2, 0) is 13.6 Å². The summed E-state index contributed by atoms with van der Waals surface area (Å²) in [6.07, 6.45) is 6.01. The van der Waals surface area contributed by atoms with E-state index in [0.717, 1.165) is 48.6 Å². The molecular weight excluding hydrogens is 408 g/mol. The Hall–Kier alpha value is -3.36. The third-order valence-electron chi connectivity index (χ3n) is 6.65. The van der Waals surface area contributed by atoms with Gasteiger partial charge in [0.25, 0.3) is 5.91 Å². The minimum atomic E-state index is 0.0226. The van der Waals surface area contributed by atoms with Crippen molar-refractivity contribution in [3.8, 4) is 22.9 Å². The van der Waals surface area contributed by atoms with Crippen LogP contribution in [0.3, 0.4) is 0 Å². The summed E-state index contributed by atoms with van der Waals surface area (Å²) in [6.45, 7) is 2.32. The van der Waals surface area contributed by atoms with Crippen LogP contribution >= 0.6 is 0 Å². The number of rotatable bonds is 4. The van der Waals surface area contributed by atoms with Crippen LogP contribution in [0.4, 0.5) is 0 Å². The van der Waals surface area contributed by atoms with Gasteiger partial charge in [-0.2, -0.15) is 5.10 Å². The van der Waals surface area contributed by atoms with Crippen LogP contribution in [0.1, 0.15) is 53.6 Å². The highest BCUT2D eigenvalue weighted by Gasteiger charge is 2.42. The van der Waals surface area contributed by atoms with E-state index in [2.05, 4.69) is 19.9 Å². The molecule has 1 aliphatic heterocycles. The first-order valence-electron chi connectivity index (χ1n) is 11.0. The lowest BCUT2D eigenvalue weighted by Gasteiger charge is -2.44. The smallest absolute Gasteiger partial charge is 0.258 e. The topological polar surface area (TPSA) is 87.3 Å². The number of hydrogen-bond donors (Lipinski definition) is 0. The van der Waals surface area contributed by atoms with E-state index in [9.17, 15) is 4.79 Å². The average molecular weight is 437 g/mol. The van der Waals surface area contributed by atoms with Gasteiger partial charge in [-0.3, -0.25) is 9.48 Å². The number of nitrogens with zero attached hydrogens (tertiary/aromatic N) is 6. The van der Waals surface area contributed by atoms with Crippen molar-refractivity contribution in [3.05, 3.63) is 41.5 Å². The van der Waals surface area contributed by atoms with Crippen LogP contribution in [0.2, 0.25) is 0 Å². The summed E-state index contributed by atoms with van der Waals surface area (Å²) < 4.78 is 14.8. The second-order valence-corrected chi connectivity index (χ2v) is 8.53. The van der Waals surface area contributed by atoms with E-state index in [0.29, 0.717) is 23.6 Å². The third kappa shape index (κ3) is 3.23. The maximum absolute atomic E-state index is 13.5. The summed E-state index contributed by atoms with van der Waals surface area (Å²) in [4.78, 5) is 15.5. The number of carbonyl (C=O) groups excluding carboxylic acids is 1. The molecule has 2 atom stereocenters. The Bertz CT molecular complexity index is 1170. The molecule has 2 aliphatic rings. The van der Waals surface area contributed by atoms with E-state index in [1.165, 1.54) is 0 Å². The van der Waals surface area contributed by atoms with E-state index < -0.39 is 0 Å². The van der Waals surface area contributed by atoms with Crippen LogP contribution < -0.4 is 9.47 Å². The monoisotopic (exact) mass is 436 g/mol. The molecule has 0 bridgehead atoms. The number of aromatic nitrogens is 5. The normalized spacial score (nSPS) is 19.9. The van der Waals surface area contributed by atoms with Gasteiger partial charge in [0.1, 0.15) is 0 Å². The summed E-state index contributed by atoms with van der Waals surface area (Å²) >= 11 is 0. The van der Waals surface area contributed by atoms with Crippen LogP contribution in [0, 0.1) is 6.92 Å². The number of ether oxygens (including phenoxy) is 2. The van der Waals surface area contributed by atoms with Crippen molar-refractivity contribution < 1.29 is 14.3 Å². The first-order valence-corrected chi connectivity index (χ1v) is 11.0. The molecule has 1 amide bonds. The summed E-state index contributed by atoms with van der Waals surface area (Å²) in [5.74, 6) is 2.97. The summed E-state index contributed by atoms with van der Waals surface area (Å²) in [6, 6.07) is 6.06. The molecule has 0 saturated heterocycles. The molecule has 2 aromatic heterocycles. The second kappa shape index (κ2) is 7.96. The van der Waals surface area contributed by atoms with Gasteiger partial charge in [0.2, 0.25) is 0 Å². The Labute approximate surface area is 186 Å². The zero-order chi connectivity index (χ0) is 22.4. The number of amides is 1. The van der Waals surface area contributed by atoms with Crippen molar-refractivity contribution in [3.63, 3.8) is 0 Å². The molecule has 3 aromatic rings. The number of aryl methyl sites for hydroxylation is 2. The molecule has 1 saturated carbocycles. The standard InChI is InChI=1S/C23H28N6O3/c1-14-16(12-27(2)26-14)23(30)28-13-21-24-25-22(29(21)18-8-6-5-7-17(18)28)15-9-10-19(31-3)20(11-15)32-4/h9-12,17-18H,5-8,13H2,1-4H3/t17-,18+/m0/s1. The number of benzene rings is 1. The largest absolute Gasteiger partial charge is 0.493 e. The van der Waals surface area contributed by atoms with E-state index >= 15 is 0 Å². The Kier molecular flexibility index (Phi) is 5.11. The second-order valence-electron chi connectivity index (χ2n) is 8.53. The quantitative estimate of drug-likeness (QED) is 0.624. The molecule has 5 rings (SSSR count). The Balaban J connectivity index is 1.55. The molecule has 0 N–H and O–H groups in total. The molecule has 1 aromatic carbocycles. The molecule has 1 aliphatic carbocycles. The Morgan fingerprint density at radius 3 is 2.50 bits per heavy atom. The molecule has 168 valence electrons. The molecular formula is C23H28N6O3. The van der Waals surface area contributed by atoms with Gasteiger partial charge in [-0.05, 0) is 38.0 Å². The molecule has 0 spiro atoms. The van der Waals surface area contributed by atoms with Gasteiger partial charge in [-0.25, -0.2) is 0 Å². The number of methoxy groups -OCH3 is 2. The average Bonchev–Trinajstić information content (AvgIpc) is 3.40. The van der Waals surface area contributed by atoms with Gasteiger partial charge in [-0.1, -0.05) is 12.8 Å². The van der Waals surface area contributed by atoms with Crippen molar-refractivity contribution >= 4 is 5.91 Å². The van der Waals surface area contributed by atoms with Crippen LogP contribution in [0.5, 0.6) is 11.5 Å². The SMILES string of the molecule is COc1ccc(-c2nnc3n2[C@@H]2CCCC[C@@H]2N(C(=O)c2cn(C)nc2C)C3)cc1OC. The number of hydrogen-bond acceptors (Lipinski definition) is 6. The first kappa shape index (κ1) is 20.5. The molecule has 0 radical (unpaired) electrons. The van der Waals surface area contributed by atoms with Crippen LogP contribution in [-0.4, -0.2) is 55.6 Å². The lowest BCUT2D eigenvalue weighted by Crippen LogP contribution is -2.50. The maximum Gasteiger partial charge on any atom is 0.258 e. The van der Waals surface area contributed by atoms with Gasteiger partial charge < -0.3 is 18.9 Å². The van der Waals surface area contributed by atoms with Gasteiger partial charge in [0.05, 0.1) is 44.1 Å². The molecule has 9 nitrogen and oxygen atoms in total. The van der Waals surface area contributed by atoms with Crippen molar-refractivity contribution in [2.75, 3.05) is 14.2 Å². The highest BCUT2D eigenvalue weighted by Crippen LogP contribution is 2.41. The van der Waals surface area contributed by atoms with Crippen molar-refractivity contribution in [1.82, 2.24) is 29.4 Å². The fourth-order valence-electron chi connectivity index (χ4n) is 5.16. The lowest BCUT2D eigenvalue weighted by molar-refractivity contribution is 0.0420. The van der Waals surface area contributed by atoms with Gasteiger partial charge in [-0.15, -0.1) is 10.2 Å². The molecule has 32 heavy (non-hydrogen) atoms. The van der Waals surface area contributed by atoms with Crippen molar-refractivity contribution in [2.45, 2.75) is 51.2 Å². The van der Waals surface area contributed by atoms with E-state index in [-0.39, 0.29) is 18.0 Å². The van der Waals surface area contributed by atoms with Gasteiger partial charge in [0.15, 0.2) is 23.1 Å². The summed E-state index contributed by atoms with van der Waals surface area (Å²) in [5, 5.41) is 13.4. The third-order valence-corrected chi connectivity index (χ3v) is 6.65. The minimum absolute atomic E-state index is 0.0226. The highest BCUT2D eigenvalue weighted by molar-refractivity contribution is 5.95. The van der Waals surface area contributed by atoms with E-state index in [1.54, 1.807) is 18.9 Å². The first-order chi connectivity index (χ1) is 15.5. The predicted molar refractivity (Wildman–Crippen MR) is 118 cm³/mol. The predicted octanol–water partition coefficient (Wildman–Crippen LogP) is 3.14. The Morgan fingerprint density at radius 2 is 1.81 bits per heavy atom. The Morgan fingerprint density at radius 1 is 1.06 bits per heavy atom. The fraction of sp³-hybridized carbons (Fsp3) is 0.478. The zero-order valence-electron chi connectivity index (χ0n) is 18.9. The lowest BCUT2D eigenvalue weighted by atomic mass is 9.86. The molecule has 9 heteroatoms. The van der Waals surface area contributed by atoms with E-state index in [4.69, 9.17) is 9.47 Å². The summed E-state index contributed by atoms with van der Waals surface area (Å²) in [7, 11) is 5.09. The minimum Gasteiger partial charge on any atom is -0.493 e. The van der Waals surface area contributed by atoms with Gasteiger partial charge in [0, 0.05) is 18.8 Å². The highest BCUT2D eigenvalue weighted by atomic mass is 16.5. The van der Waals surface area contributed by atoms with E-state index in [1.807, 2.05) is 43.3 Å². The van der Waals surface area contributed by atoms with Crippen molar-refractivity contribution in [1.29, 1.82) is 0 Å².